The highest BCUT2D eigenvalue weighted by molar-refractivity contribution is 5.76. The van der Waals surface area contributed by atoms with Gasteiger partial charge in [-0.25, -0.2) is 4.39 Å². The van der Waals surface area contributed by atoms with E-state index in [1.807, 2.05) is 0 Å². The van der Waals surface area contributed by atoms with Crippen LogP contribution in [0.25, 0.3) is 0 Å². The Morgan fingerprint density at radius 1 is 1.12 bits per heavy atom. The van der Waals surface area contributed by atoms with E-state index in [2.05, 4.69) is 16.3 Å². The van der Waals surface area contributed by atoms with Gasteiger partial charge in [-0.3, -0.25) is 9.69 Å². The predicted molar refractivity (Wildman–Crippen MR) is 122 cm³/mol. The van der Waals surface area contributed by atoms with Gasteiger partial charge in [-0.05, 0) is 63.5 Å². The molecule has 0 aromatic rings. The number of nitrogens with one attached hydrogen (secondary N) is 1. The molecular weight excluding hydrogens is 448 g/mol. The predicted octanol–water partition coefficient (Wildman–Crippen LogP) is 4.87. The van der Waals surface area contributed by atoms with Gasteiger partial charge in [-0.2, -0.15) is 18.4 Å². The third-order valence-corrected chi connectivity index (χ3v) is 7.24. The number of piperazine rings is 1. The summed E-state index contributed by atoms with van der Waals surface area (Å²) in [6.45, 7) is 3.49. The topological polar surface area (TPSA) is 59.4 Å². The number of hydrogen-bond donors (Lipinski definition) is 1. The van der Waals surface area contributed by atoms with Crippen LogP contribution in [-0.4, -0.2) is 66.8 Å². The van der Waals surface area contributed by atoms with Crippen molar-refractivity contribution < 1.29 is 22.4 Å². The van der Waals surface area contributed by atoms with E-state index in [-0.39, 0.29) is 24.1 Å². The van der Waals surface area contributed by atoms with Crippen molar-refractivity contribution in [1.29, 1.82) is 5.26 Å². The second kappa shape index (κ2) is 12.6. The van der Waals surface area contributed by atoms with Gasteiger partial charge >= 0.3 is 6.18 Å². The molecule has 0 radical (unpaired) electrons. The lowest BCUT2D eigenvalue weighted by molar-refractivity contribution is -0.122. The van der Waals surface area contributed by atoms with Crippen molar-refractivity contribution >= 4 is 5.91 Å². The van der Waals surface area contributed by atoms with Crippen LogP contribution in [-0.2, 0) is 4.79 Å². The number of nitrogens with zero attached hydrogens (tertiary/aromatic N) is 3. The molecule has 5 nitrogen and oxygen atoms in total. The zero-order valence-corrected chi connectivity index (χ0v) is 19.8. The summed E-state index contributed by atoms with van der Waals surface area (Å²) >= 11 is 0. The Hall–Kier alpha value is -2.08. The molecule has 1 aliphatic heterocycles. The fourth-order valence-corrected chi connectivity index (χ4v) is 5.13. The normalized spacial score (nSPS) is 26.4. The lowest BCUT2D eigenvalue weighted by atomic mass is 9.84. The standard InChI is InChI=1S/C25H36F4N4O/c26-22-10-7-20(25(27,28)29)18-23(22)33-16-14-32(15-17-33)13-11-19-5-8-21(9-6-19)31-24(34)4-2-1-3-12-30/h7,18-19,21-22H,1-6,8-11,13-17H2,(H,31,34). The summed E-state index contributed by atoms with van der Waals surface area (Å²) in [4.78, 5) is 16.1. The molecule has 3 aliphatic rings. The molecule has 1 amide bonds. The van der Waals surface area contributed by atoms with Crippen LogP contribution < -0.4 is 5.32 Å². The molecule has 1 atom stereocenters. The number of alkyl halides is 4. The summed E-state index contributed by atoms with van der Waals surface area (Å²) in [7, 11) is 0. The minimum Gasteiger partial charge on any atom is -0.370 e. The lowest BCUT2D eigenvalue weighted by Gasteiger charge is -2.39. The number of carbonyl (C=O) groups is 1. The van der Waals surface area contributed by atoms with Crippen molar-refractivity contribution in [2.24, 2.45) is 5.92 Å². The molecule has 0 bridgehead atoms. The van der Waals surface area contributed by atoms with Crippen LogP contribution in [0.5, 0.6) is 0 Å². The maximum Gasteiger partial charge on any atom is 0.416 e. The fraction of sp³-hybridized carbons (Fsp3) is 0.760. The molecule has 9 heteroatoms. The zero-order chi connectivity index (χ0) is 24.6. The van der Waals surface area contributed by atoms with Crippen LogP contribution in [0.1, 0.15) is 64.2 Å². The summed E-state index contributed by atoms with van der Waals surface area (Å²) in [6, 6.07) is 2.34. The average Bonchev–Trinajstić information content (AvgIpc) is 2.81. The van der Waals surface area contributed by atoms with Gasteiger partial charge in [0.1, 0.15) is 6.17 Å². The van der Waals surface area contributed by atoms with E-state index in [0.29, 0.717) is 31.8 Å². The highest BCUT2D eigenvalue weighted by Crippen LogP contribution is 2.34. The SMILES string of the molecule is N#CCCCCC(=O)NC1CCC(CCN2CCN(C3=CC(C(F)(F)F)=CCC3F)CC2)CC1. The van der Waals surface area contributed by atoms with Crippen LogP contribution in [0.4, 0.5) is 17.6 Å². The Morgan fingerprint density at radius 2 is 1.82 bits per heavy atom. The Morgan fingerprint density at radius 3 is 2.47 bits per heavy atom. The number of hydrogen-bond acceptors (Lipinski definition) is 4. The first-order chi connectivity index (χ1) is 16.3. The molecule has 1 saturated heterocycles. The molecule has 2 aliphatic carbocycles. The molecule has 1 saturated carbocycles. The first-order valence-corrected chi connectivity index (χ1v) is 12.5. The molecule has 1 heterocycles. The highest BCUT2D eigenvalue weighted by Gasteiger charge is 2.36. The second-order valence-corrected chi connectivity index (χ2v) is 9.70. The van der Waals surface area contributed by atoms with Gasteiger partial charge in [0.2, 0.25) is 5.91 Å². The van der Waals surface area contributed by atoms with Gasteiger partial charge in [-0.1, -0.05) is 6.08 Å². The van der Waals surface area contributed by atoms with Crippen LogP contribution in [0.2, 0.25) is 0 Å². The molecule has 0 aromatic carbocycles. The Labute approximate surface area is 199 Å². The van der Waals surface area contributed by atoms with Crippen molar-refractivity contribution in [3.63, 3.8) is 0 Å². The van der Waals surface area contributed by atoms with Crippen LogP contribution >= 0.6 is 0 Å². The van der Waals surface area contributed by atoms with E-state index >= 15 is 0 Å². The van der Waals surface area contributed by atoms with Gasteiger partial charge in [0.15, 0.2) is 0 Å². The van der Waals surface area contributed by atoms with Crippen LogP contribution in [0, 0.1) is 17.2 Å². The number of halogens is 4. The smallest absolute Gasteiger partial charge is 0.370 e. The van der Waals surface area contributed by atoms with E-state index in [1.165, 1.54) is 0 Å². The summed E-state index contributed by atoms with van der Waals surface area (Å²) < 4.78 is 53.4. The molecule has 0 aromatic heterocycles. The van der Waals surface area contributed by atoms with Gasteiger partial charge in [0.25, 0.3) is 0 Å². The van der Waals surface area contributed by atoms with Gasteiger partial charge < -0.3 is 10.2 Å². The number of allylic oxidation sites excluding steroid dienone is 4. The minimum atomic E-state index is -4.44. The summed E-state index contributed by atoms with van der Waals surface area (Å²) in [5.41, 5.74) is -0.579. The highest BCUT2D eigenvalue weighted by atomic mass is 19.4. The van der Waals surface area contributed by atoms with Crippen molar-refractivity contribution in [3.05, 3.63) is 23.4 Å². The van der Waals surface area contributed by atoms with Crippen molar-refractivity contribution in [2.45, 2.75) is 82.6 Å². The lowest BCUT2D eigenvalue weighted by Crippen LogP contribution is -2.48. The largest absolute Gasteiger partial charge is 0.416 e. The molecule has 0 spiro atoms. The molecule has 2 fully saturated rings. The number of amides is 1. The van der Waals surface area contributed by atoms with Crippen molar-refractivity contribution in [2.75, 3.05) is 32.7 Å². The van der Waals surface area contributed by atoms with E-state index < -0.39 is 17.9 Å². The first kappa shape index (κ1) is 26.5. The molecule has 1 N–H and O–H groups in total. The first-order valence-electron chi connectivity index (χ1n) is 12.5. The summed E-state index contributed by atoms with van der Waals surface area (Å²) in [5.74, 6) is 0.707. The average molecular weight is 485 g/mol. The van der Waals surface area contributed by atoms with Gasteiger partial charge in [-0.15, -0.1) is 0 Å². The molecule has 34 heavy (non-hydrogen) atoms. The fourth-order valence-electron chi connectivity index (χ4n) is 5.13. The maximum absolute atomic E-state index is 14.3. The molecular formula is C25H36F4N4O. The third-order valence-electron chi connectivity index (χ3n) is 7.24. The zero-order valence-electron chi connectivity index (χ0n) is 19.8. The number of carbonyl (C=O) groups excluding carboxylic acids is 1. The summed E-state index contributed by atoms with van der Waals surface area (Å²) in [6.07, 6.45) is 3.63. The second-order valence-electron chi connectivity index (χ2n) is 9.70. The number of unbranched alkanes of at least 4 members (excludes halogenated alkanes) is 2. The number of nitriles is 1. The number of rotatable bonds is 9. The summed E-state index contributed by atoms with van der Waals surface area (Å²) in [5, 5.41) is 11.7. The Kier molecular flexibility index (Phi) is 9.81. The molecule has 1 unspecified atom stereocenters. The van der Waals surface area contributed by atoms with E-state index in [1.54, 1.807) is 4.90 Å². The molecule has 190 valence electrons. The minimum absolute atomic E-state index is 0.0840. The van der Waals surface area contributed by atoms with Crippen molar-refractivity contribution in [1.82, 2.24) is 15.1 Å². The Bertz CT molecular complexity index is 773. The van der Waals surface area contributed by atoms with Crippen LogP contribution in [0.3, 0.4) is 0 Å². The van der Waals surface area contributed by atoms with Gasteiger partial charge in [0.05, 0.1) is 11.6 Å². The maximum atomic E-state index is 14.3. The van der Waals surface area contributed by atoms with E-state index in [4.69, 9.17) is 5.26 Å². The monoisotopic (exact) mass is 484 g/mol. The van der Waals surface area contributed by atoms with Gasteiger partial charge in [0, 0.05) is 57.2 Å². The molecule has 3 rings (SSSR count). The third kappa shape index (κ3) is 8.00. The van der Waals surface area contributed by atoms with Crippen molar-refractivity contribution in [3.8, 4) is 6.07 Å². The van der Waals surface area contributed by atoms with E-state index in [9.17, 15) is 22.4 Å². The quantitative estimate of drug-likeness (QED) is 0.375. The van der Waals surface area contributed by atoms with Crippen LogP contribution in [0.15, 0.2) is 23.4 Å². The van der Waals surface area contributed by atoms with E-state index in [0.717, 1.165) is 76.7 Å². The Balaban J connectivity index is 1.33.